The predicted molar refractivity (Wildman–Crippen MR) is 50.0 cm³/mol. The van der Waals surface area contributed by atoms with E-state index in [0.29, 0.717) is 23.3 Å². The molecule has 1 aromatic rings. The highest BCUT2D eigenvalue weighted by Crippen LogP contribution is 2.19. The summed E-state index contributed by atoms with van der Waals surface area (Å²) in [5, 5.41) is 10.6. The molecule has 0 spiro atoms. The molecule has 0 aliphatic carbocycles. The van der Waals surface area contributed by atoms with E-state index in [-0.39, 0.29) is 0 Å². The van der Waals surface area contributed by atoms with Crippen LogP contribution in [0.25, 0.3) is 0 Å². The second-order valence-corrected chi connectivity index (χ2v) is 2.54. The lowest BCUT2D eigenvalue weighted by molar-refractivity contribution is 0.112. The first-order valence-electron chi connectivity index (χ1n) is 3.80. The van der Waals surface area contributed by atoms with Crippen molar-refractivity contribution in [2.24, 2.45) is 0 Å². The number of nitrogens with one attached hydrogen (secondary N) is 1. The van der Waals surface area contributed by atoms with Gasteiger partial charge >= 0.3 is 6.09 Å². The summed E-state index contributed by atoms with van der Waals surface area (Å²) in [5.41, 5.74) is 0.659. The molecule has 0 atom stereocenters. The Bertz CT molecular complexity index is 362. The highest BCUT2D eigenvalue weighted by atomic mass is 16.5. The number of anilines is 1. The van der Waals surface area contributed by atoms with E-state index in [4.69, 9.17) is 9.84 Å². The number of carbonyl (C=O) groups excluding carboxylic acids is 1. The van der Waals surface area contributed by atoms with Gasteiger partial charge in [-0.25, -0.2) is 4.79 Å². The van der Waals surface area contributed by atoms with Gasteiger partial charge in [-0.1, -0.05) is 0 Å². The Kier molecular flexibility index (Phi) is 3.06. The minimum absolute atomic E-state index is 0.305. The topological polar surface area (TPSA) is 75.6 Å². The lowest BCUT2D eigenvalue weighted by atomic mass is 10.2. The fourth-order valence-electron chi connectivity index (χ4n) is 1.00. The maximum atomic E-state index is 10.5. The molecule has 74 valence electrons. The second kappa shape index (κ2) is 4.27. The van der Waals surface area contributed by atoms with E-state index in [1.165, 1.54) is 25.3 Å². The van der Waals surface area contributed by atoms with Gasteiger partial charge in [0.2, 0.25) is 0 Å². The quantitative estimate of drug-likeness (QED) is 0.718. The summed E-state index contributed by atoms with van der Waals surface area (Å²) in [5.74, 6) is 0.429. The average Bonchev–Trinajstić information content (AvgIpc) is 2.16. The zero-order valence-corrected chi connectivity index (χ0v) is 7.48. The first-order valence-corrected chi connectivity index (χ1v) is 3.80. The molecule has 0 aromatic heterocycles. The van der Waals surface area contributed by atoms with Gasteiger partial charge in [0.25, 0.3) is 0 Å². The molecule has 0 unspecified atom stereocenters. The SMILES string of the molecule is COc1cc(C=O)cc(NC(=O)O)c1. The molecular weight excluding hydrogens is 186 g/mol. The van der Waals surface area contributed by atoms with E-state index in [0.717, 1.165) is 0 Å². The van der Waals surface area contributed by atoms with Gasteiger partial charge in [0.1, 0.15) is 12.0 Å². The van der Waals surface area contributed by atoms with Gasteiger partial charge in [0.05, 0.1) is 7.11 Å². The first kappa shape index (κ1) is 10.0. The number of methoxy groups -OCH3 is 1. The van der Waals surface area contributed by atoms with Crippen molar-refractivity contribution in [1.82, 2.24) is 0 Å². The summed E-state index contributed by atoms with van der Waals surface area (Å²) in [6.45, 7) is 0. The van der Waals surface area contributed by atoms with Crippen LogP contribution in [0.5, 0.6) is 5.75 Å². The zero-order valence-electron chi connectivity index (χ0n) is 7.48. The lowest BCUT2D eigenvalue weighted by Crippen LogP contribution is -2.07. The van der Waals surface area contributed by atoms with Gasteiger partial charge in [-0.2, -0.15) is 0 Å². The third-order valence-corrected chi connectivity index (χ3v) is 1.55. The minimum Gasteiger partial charge on any atom is -0.497 e. The van der Waals surface area contributed by atoms with Crippen LogP contribution in [0.3, 0.4) is 0 Å². The Balaban J connectivity index is 3.03. The first-order chi connectivity index (χ1) is 6.65. The number of hydrogen-bond acceptors (Lipinski definition) is 3. The van der Waals surface area contributed by atoms with Crippen molar-refractivity contribution in [2.45, 2.75) is 0 Å². The van der Waals surface area contributed by atoms with Crippen LogP contribution < -0.4 is 10.1 Å². The van der Waals surface area contributed by atoms with Crippen molar-refractivity contribution in [3.63, 3.8) is 0 Å². The standard InChI is InChI=1S/C9H9NO4/c1-14-8-3-6(5-11)2-7(4-8)10-9(12)13/h2-5,10H,1H3,(H,12,13). The number of ether oxygens (including phenoxy) is 1. The zero-order chi connectivity index (χ0) is 10.6. The number of carboxylic acid groups (broad SMARTS) is 1. The van der Waals surface area contributed by atoms with Crippen molar-refractivity contribution >= 4 is 18.1 Å². The Morgan fingerprint density at radius 2 is 2.21 bits per heavy atom. The molecular formula is C9H9NO4. The van der Waals surface area contributed by atoms with Crippen LogP contribution in [0, 0.1) is 0 Å². The summed E-state index contributed by atoms with van der Waals surface area (Å²) in [4.78, 5) is 20.8. The third kappa shape index (κ3) is 2.48. The van der Waals surface area contributed by atoms with E-state index in [1.54, 1.807) is 0 Å². The van der Waals surface area contributed by atoms with Crippen LogP contribution in [0.1, 0.15) is 10.4 Å². The number of aldehydes is 1. The lowest BCUT2D eigenvalue weighted by Gasteiger charge is -2.05. The Morgan fingerprint density at radius 1 is 1.50 bits per heavy atom. The van der Waals surface area contributed by atoms with Gasteiger partial charge in [-0.15, -0.1) is 0 Å². The van der Waals surface area contributed by atoms with E-state index in [9.17, 15) is 9.59 Å². The van der Waals surface area contributed by atoms with Gasteiger partial charge in [0, 0.05) is 17.3 Å². The van der Waals surface area contributed by atoms with Crippen LogP contribution in [-0.4, -0.2) is 24.6 Å². The monoisotopic (exact) mass is 195 g/mol. The molecule has 0 saturated heterocycles. The van der Waals surface area contributed by atoms with Crippen molar-refractivity contribution < 1.29 is 19.4 Å². The van der Waals surface area contributed by atoms with Crippen molar-refractivity contribution in [3.8, 4) is 5.75 Å². The molecule has 2 N–H and O–H groups in total. The third-order valence-electron chi connectivity index (χ3n) is 1.55. The van der Waals surface area contributed by atoms with Gasteiger partial charge in [-0.3, -0.25) is 10.1 Å². The normalized spacial score (nSPS) is 9.21. The van der Waals surface area contributed by atoms with E-state index >= 15 is 0 Å². The maximum absolute atomic E-state index is 10.5. The van der Waals surface area contributed by atoms with Crippen molar-refractivity contribution in [1.29, 1.82) is 0 Å². The predicted octanol–water partition coefficient (Wildman–Crippen LogP) is 1.60. The molecule has 0 bridgehead atoms. The number of carbonyl (C=O) groups is 2. The maximum Gasteiger partial charge on any atom is 0.409 e. The highest BCUT2D eigenvalue weighted by Gasteiger charge is 2.02. The van der Waals surface area contributed by atoms with Crippen LogP contribution in [0.4, 0.5) is 10.5 Å². The van der Waals surface area contributed by atoms with Crippen molar-refractivity contribution in [3.05, 3.63) is 23.8 Å². The van der Waals surface area contributed by atoms with Gasteiger partial charge < -0.3 is 9.84 Å². The molecule has 0 aliphatic rings. The molecule has 5 heteroatoms. The van der Waals surface area contributed by atoms with Gasteiger partial charge in [0.15, 0.2) is 0 Å². The summed E-state index contributed by atoms with van der Waals surface area (Å²) in [6.07, 6.45) is -0.565. The van der Waals surface area contributed by atoms with Crippen LogP contribution in [0.2, 0.25) is 0 Å². The Morgan fingerprint density at radius 3 is 2.71 bits per heavy atom. The number of amides is 1. The number of hydrogen-bond donors (Lipinski definition) is 2. The highest BCUT2D eigenvalue weighted by molar-refractivity contribution is 5.86. The van der Waals surface area contributed by atoms with Gasteiger partial charge in [-0.05, 0) is 12.1 Å². The molecule has 0 radical (unpaired) electrons. The largest absolute Gasteiger partial charge is 0.497 e. The van der Waals surface area contributed by atoms with E-state index in [2.05, 4.69) is 5.32 Å². The molecule has 5 nitrogen and oxygen atoms in total. The van der Waals surface area contributed by atoms with E-state index in [1.807, 2.05) is 0 Å². The molecule has 0 heterocycles. The number of benzene rings is 1. The average molecular weight is 195 g/mol. The summed E-state index contributed by atoms with van der Waals surface area (Å²) in [7, 11) is 1.44. The molecule has 1 amide bonds. The molecule has 0 aliphatic heterocycles. The minimum atomic E-state index is -1.19. The molecule has 0 fully saturated rings. The van der Waals surface area contributed by atoms with Crippen LogP contribution >= 0.6 is 0 Å². The molecule has 1 rings (SSSR count). The van der Waals surface area contributed by atoms with Crippen LogP contribution in [-0.2, 0) is 0 Å². The van der Waals surface area contributed by atoms with E-state index < -0.39 is 6.09 Å². The van der Waals surface area contributed by atoms with Crippen LogP contribution in [0.15, 0.2) is 18.2 Å². The molecule has 1 aromatic carbocycles. The Labute approximate surface area is 80.3 Å². The number of rotatable bonds is 3. The fourth-order valence-corrected chi connectivity index (χ4v) is 1.00. The van der Waals surface area contributed by atoms with Crippen molar-refractivity contribution in [2.75, 3.05) is 12.4 Å². The summed E-state index contributed by atoms with van der Waals surface area (Å²) >= 11 is 0. The molecule has 14 heavy (non-hydrogen) atoms. The molecule has 0 saturated carbocycles. The second-order valence-electron chi connectivity index (χ2n) is 2.54. The Hall–Kier alpha value is -2.04. The fraction of sp³-hybridized carbons (Fsp3) is 0.111. The smallest absolute Gasteiger partial charge is 0.409 e. The summed E-state index contributed by atoms with van der Waals surface area (Å²) < 4.78 is 4.89. The summed E-state index contributed by atoms with van der Waals surface area (Å²) in [6, 6.07) is 4.42.